The molecule has 0 aromatic carbocycles. The van der Waals surface area contributed by atoms with E-state index in [1.165, 1.54) is 4.90 Å². The summed E-state index contributed by atoms with van der Waals surface area (Å²) in [5.74, 6) is 0.264. The van der Waals surface area contributed by atoms with Crippen molar-refractivity contribution in [3.05, 3.63) is 54.7 Å². The van der Waals surface area contributed by atoms with E-state index in [-0.39, 0.29) is 5.91 Å². The molecule has 0 saturated heterocycles. The summed E-state index contributed by atoms with van der Waals surface area (Å²) in [6.45, 7) is 0. The average Bonchev–Trinajstić information content (AvgIpc) is 3.17. The van der Waals surface area contributed by atoms with E-state index < -0.39 is 0 Å². The van der Waals surface area contributed by atoms with E-state index in [9.17, 15) is 4.79 Å². The molecule has 0 unspecified atom stereocenters. The van der Waals surface area contributed by atoms with Crippen molar-refractivity contribution in [2.24, 2.45) is 0 Å². The Morgan fingerprint density at radius 1 is 1.04 bits per heavy atom. The van der Waals surface area contributed by atoms with Gasteiger partial charge in [-0.2, -0.15) is 0 Å². The molecule has 8 heteroatoms. The molecule has 4 rings (SSSR count). The Labute approximate surface area is 155 Å². The van der Waals surface area contributed by atoms with Gasteiger partial charge < -0.3 is 15.6 Å². The zero-order chi connectivity index (χ0) is 19.0. The number of hydrogen-bond donors (Lipinski definition) is 2. The molecule has 0 aliphatic carbocycles. The van der Waals surface area contributed by atoms with Crippen molar-refractivity contribution < 1.29 is 4.79 Å². The van der Waals surface area contributed by atoms with Crippen LogP contribution in [0.3, 0.4) is 0 Å². The number of nitrogens with one attached hydrogen (secondary N) is 1. The van der Waals surface area contributed by atoms with Crippen LogP contribution in [0.1, 0.15) is 10.4 Å². The lowest BCUT2D eigenvalue weighted by Crippen LogP contribution is -2.21. The molecule has 3 N–H and O–H groups in total. The third kappa shape index (κ3) is 2.97. The molecule has 4 aromatic heterocycles. The van der Waals surface area contributed by atoms with Gasteiger partial charge >= 0.3 is 0 Å². The summed E-state index contributed by atoms with van der Waals surface area (Å²) in [6.07, 6.45) is 6.56. The minimum atomic E-state index is -0.104. The molecule has 1 amide bonds. The number of hydrogen-bond acceptors (Lipinski definition) is 6. The number of pyridine rings is 3. The number of fused-ring (bicyclic) bond motifs is 1. The second-order valence-electron chi connectivity index (χ2n) is 6.25. The number of aromatic nitrogens is 5. The molecular formula is C19H17N7O. The molecule has 0 atom stereocenters. The fourth-order valence-corrected chi connectivity index (χ4v) is 2.86. The normalized spacial score (nSPS) is 10.9. The van der Waals surface area contributed by atoms with Gasteiger partial charge in [0.15, 0.2) is 5.65 Å². The highest BCUT2D eigenvalue weighted by Gasteiger charge is 2.13. The van der Waals surface area contributed by atoms with Crippen LogP contribution >= 0.6 is 0 Å². The average molecular weight is 359 g/mol. The van der Waals surface area contributed by atoms with Crippen LogP contribution in [-0.2, 0) is 0 Å². The SMILES string of the molecule is CN(C)C(=O)c1ccc(-c2cc(-c3ccnc4nc[nH]c34)cnc2N)nc1. The standard InChI is InChI=1S/C19H17N7O/c1-26(2)19(27)11-3-4-15(22-8-11)14-7-12(9-23-17(14)20)13-5-6-21-18-16(13)24-10-25-18/h3-10H,1-2H3,(H2,20,23)(H,21,24,25). The number of nitrogens with two attached hydrogens (primary N) is 1. The number of amides is 1. The Balaban J connectivity index is 1.77. The molecule has 0 spiro atoms. The number of H-pyrrole nitrogens is 1. The zero-order valence-corrected chi connectivity index (χ0v) is 14.8. The minimum absolute atomic E-state index is 0.104. The maximum atomic E-state index is 12.0. The van der Waals surface area contributed by atoms with E-state index in [0.29, 0.717) is 28.3 Å². The van der Waals surface area contributed by atoms with Gasteiger partial charge in [-0.05, 0) is 24.3 Å². The molecule has 0 aliphatic heterocycles. The van der Waals surface area contributed by atoms with Crippen LogP contribution in [0.25, 0.3) is 33.5 Å². The Kier molecular flexibility index (Phi) is 4.00. The lowest BCUT2D eigenvalue weighted by atomic mass is 10.0. The van der Waals surface area contributed by atoms with Gasteiger partial charge in [-0.15, -0.1) is 0 Å². The van der Waals surface area contributed by atoms with Crippen molar-refractivity contribution in [2.45, 2.75) is 0 Å². The first-order valence-electron chi connectivity index (χ1n) is 8.26. The van der Waals surface area contributed by atoms with Gasteiger partial charge in [0.05, 0.1) is 23.1 Å². The zero-order valence-electron chi connectivity index (χ0n) is 14.8. The van der Waals surface area contributed by atoms with Crippen molar-refractivity contribution in [1.82, 2.24) is 29.8 Å². The summed E-state index contributed by atoms with van der Waals surface area (Å²) in [5, 5.41) is 0. The van der Waals surface area contributed by atoms with E-state index in [4.69, 9.17) is 5.73 Å². The van der Waals surface area contributed by atoms with E-state index in [1.807, 2.05) is 12.1 Å². The van der Waals surface area contributed by atoms with Crippen molar-refractivity contribution >= 4 is 22.9 Å². The fourth-order valence-electron chi connectivity index (χ4n) is 2.86. The van der Waals surface area contributed by atoms with Crippen LogP contribution in [0.5, 0.6) is 0 Å². The Morgan fingerprint density at radius 3 is 2.63 bits per heavy atom. The topological polar surface area (TPSA) is 114 Å². The summed E-state index contributed by atoms with van der Waals surface area (Å²) >= 11 is 0. The number of nitrogens with zero attached hydrogens (tertiary/aromatic N) is 5. The minimum Gasteiger partial charge on any atom is -0.383 e. The van der Waals surface area contributed by atoms with Gasteiger partial charge in [-0.25, -0.2) is 15.0 Å². The third-order valence-corrected chi connectivity index (χ3v) is 4.25. The molecule has 0 bridgehead atoms. The Morgan fingerprint density at radius 2 is 1.89 bits per heavy atom. The number of carbonyl (C=O) groups is 1. The molecule has 4 aromatic rings. The number of imidazole rings is 1. The first-order valence-corrected chi connectivity index (χ1v) is 8.26. The van der Waals surface area contributed by atoms with Crippen molar-refractivity contribution in [3.63, 3.8) is 0 Å². The number of rotatable bonds is 3. The molecule has 0 aliphatic rings. The van der Waals surface area contributed by atoms with E-state index in [0.717, 1.165) is 16.6 Å². The maximum Gasteiger partial charge on any atom is 0.254 e. The van der Waals surface area contributed by atoms with Crippen molar-refractivity contribution in [1.29, 1.82) is 0 Å². The van der Waals surface area contributed by atoms with Gasteiger partial charge in [0, 0.05) is 49.4 Å². The lowest BCUT2D eigenvalue weighted by molar-refractivity contribution is 0.0827. The third-order valence-electron chi connectivity index (χ3n) is 4.25. The first kappa shape index (κ1) is 16.6. The molecule has 0 radical (unpaired) electrons. The smallest absolute Gasteiger partial charge is 0.254 e. The second kappa shape index (κ2) is 6.49. The van der Waals surface area contributed by atoms with Crippen LogP contribution in [0.2, 0.25) is 0 Å². The van der Waals surface area contributed by atoms with Gasteiger partial charge in [0.25, 0.3) is 5.91 Å². The Bertz CT molecular complexity index is 1130. The molecule has 4 heterocycles. The number of anilines is 1. The van der Waals surface area contributed by atoms with Crippen molar-refractivity contribution in [3.8, 4) is 22.4 Å². The first-order chi connectivity index (χ1) is 13.0. The summed E-state index contributed by atoms with van der Waals surface area (Å²) in [7, 11) is 3.40. The van der Waals surface area contributed by atoms with Gasteiger partial charge in [0.2, 0.25) is 0 Å². The van der Waals surface area contributed by atoms with E-state index in [2.05, 4.69) is 24.9 Å². The molecule has 134 valence electrons. The van der Waals surface area contributed by atoms with Gasteiger partial charge in [-0.3, -0.25) is 9.78 Å². The maximum absolute atomic E-state index is 12.0. The molecule has 27 heavy (non-hydrogen) atoms. The molecule has 0 saturated carbocycles. The number of carbonyl (C=O) groups excluding carboxylic acids is 1. The van der Waals surface area contributed by atoms with Crippen LogP contribution in [0.15, 0.2) is 49.2 Å². The van der Waals surface area contributed by atoms with E-state index in [1.54, 1.807) is 51.1 Å². The van der Waals surface area contributed by atoms with Crippen molar-refractivity contribution in [2.75, 3.05) is 19.8 Å². The highest BCUT2D eigenvalue weighted by atomic mass is 16.2. The summed E-state index contributed by atoms with van der Waals surface area (Å²) in [6, 6.07) is 7.32. The van der Waals surface area contributed by atoms with Gasteiger partial charge in [0.1, 0.15) is 5.82 Å². The number of aromatic amines is 1. The van der Waals surface area contributed by atoms with Crippen LogP contribution in [0, 0.1) is 0 Å². The predicted molar refractivity (Wildman–Crippen MR) is 103 cm³/mol. The predicted octanol–water partition coefficient (Wildman–Crippen LogP) is 2.37. The molecule has 0 fully saturated rings. The monoisotopic (exact) mass is 359 g/mol. The summed E-state index contributed by atoms with van der Waals surface area (Å²) in [5.41, 5.74) is 11.2. The molecule has 8 nitrogen and oxygen atoms in total. The van der Waals surface area contributed by atoms with Crippen LogP contribution in [0.4, 0.5) is 5.82 Å². The summed E-state index contributed by atoms with van der Waals surface area (Å²) < 4.78 is 0. The second-order valence-corrected chi connectivity index (χ2v) is 6.25. The highest BCUT2D eigenvalue weighted by molar-refractivity contribution is 5.94. The summed E-state index contributed by atoms with van der Waals surface area (Å²) in [4.78, 5) is 33.8. The molecular weight excluding hydrogens is 342 g/mol. The van der Waals surface area contributed by atoms with Crippen LogP contribution < -0.4 is 5.73 Å². The van der Waals surface area contributed by atoms with Crippen LogP contribution in [-0.4, -0.2) is 49.8 Å². The van der Waals surface area contributed by atoms with Gasteiger partial charge in [-0.1, -0.05) is 0 Å². The Hall–Kier alpha value is -3.81. The van der Waals surface area contributed by atoms with E-state index >= 15 is 0 Å². The lowest BCUT2D eigenvalue weighted by Gasteiger charge is -2.11. The number of nitrogen functional groups attached to an aromatic ring is 1. The fraction of sp³-hybridized carbons (Fsp3) is 0.105. The largest absolute Gasteiger partial charge is 0.383 e. The highest BCUT2D eigenvalue weighted by Crippen LogP contribution is 2.31. The quantitative estimate of drug-likeness (QED) is 0.580.